The average molecular weight is 340 g/mol. The van der Waals surface area contributed by atoms with E-state index in [0.29, 0.717) is 24.2 Å². The van der Waals surface area contributed by atoms with E-state index in [0.717, 1.165) is 43.7 Å². The molecular weight excluding hydrogens is 316 g/mol. The summed E-state index contributed by atoms with van der Waals surface area (Å²) in [5, 5.41) is 7.82. The second-order valence-corrected chi connectivity index (χ2v) is 6.86. The first kappa shape index (κ1) is 16.1. The smallest absolute Gasteiger partial charge is 0.257 e. The molecule has 2 unspecified atom stereocenters. The van der Waals surface area contributed by atoms with E-state index < -0.39 is 0 Å². The number of ether oxygens (including phenoxy) is 1. The minimum atomic E-state index is 0.122. The number of hydrogen-bond acceptors (Lipinski definition) is 4. The Bertz CT molecular complexity index is 726. The number of methoxy groups -OCH3 is 1. The molecular formula is C19H24N4O2. The fourth-order valence-electron chi connectivity index (χ4n) is 3.94. The van der Waals surface area contributed by atoms with E-state index in [-0.39, 0.29) is 5.91 Å². The van der Waals surface area contributed by atoms with Gasteiger partial charge in [0.15, 0.2) is 0 Å². The number of aromatic nitrogens is 2. The lowest BCUT2D eigenvalue weighted by atomic mass is 10.1. The second kappa shape index (κ2) is 6.88. The van der Waals surface area contributed by atoms with E-state index in [1.165, 1.54) is 0 Å². The van der Waals surface area contributed by atoms with Crippen LogP contribution in [0.15, 0.2) is 36.7 Å². The maximum Gasteiger partial charge on any atom is 0.257 e. The maximum atomic E-state index is 13.0. The lowest BCUT2D eigenvalue weighted by Gasteiger charge is -2.27. The van der Waals surface area contributed by atoms with Crippen molar-refractivity contribution in [3.05, 3.63) is 47.8 Å². The molecule has 2 aliphatic rings. The van der Waals surface area contributed by atoms with E-state index in [4.69, 9.17) is 4.74 Å². The number of nitrogens with zero attached hydrogens (tertiary/aromatic N) is 3. The van der Waals surface area contributed by atoms with Crippen LogP contribution in [0.3, 0.4) is 0 Å². The van der Waals surface area contributed by atoms with E-state index in [2.05, 4.69) is 15.3 Å². The minimum Gasteiger partial charge on any atom is -0.497 e. The third-order valence-corrected chi connectivity index (χ3v) is 5.27. The molecule has 1 aromatic carbocycles. The van der Waals surface area contributed by atoms with Crippen LogP contribution in [-0.4, -0.2) is 52.9 Å². The highest BCUT2D eigenvalue weighted by atomic mass is 16.5. The largest absolute Gasteiger partial charge is 0.497 e. The predicted octanol–water partition coefficient (Wildman–Crippen LogP) is 1.91. The fraction of sp³-hybridized carbons (Fsp3) is 0.474. The molecule has 132 valence electrons. The average Bonchev–Trinajstić information content (AvgIpc) is 3.18. The zero-order valence-electron chi connectivity index (χ0n) is 14.5. The monoisotopic (exact) mass is 340 g/mol. The van der Waals surface area contributed by atoms with Gasteiger partial charge < -0.3 is 15.0 Å². The van der Waals surface area contributed by atoms with Gasteiger partial charge in [0.05, 0.1) is 25.4 Å². The van der Waals surface area contributed by atoms with Gasteiger partial charge in [-0.15, -0.1) is 0 Å². The summed E-state index contributed by atoms with van der Waals surface area (Å²) in [4.78, 5) is 15.1. The highest BCUT2D eigenvalue weighted by Gasteiger charge is 2.38. The molecule has 6 heteroatoms. The summed E-state index contributed by atoms with van der Waals surface area (Å²) in [6.07, 6.45) is 6.83. The summed E-state index contributed by atoms with van der Waals surface area (Å²) >= 11 is 0. The van der Waals surface area contributed by atoms with Crippen molar-refractivity contribution < 1.29 is 9.53 Å². The summed E-state index contributed by atoms with van der Waals surface area (Å²) in [5.74, 6) is 0.961. The third kappa shape index (κ3) is 3.26. The standard InChI is InChI=1S/C19H24N4O2/c1-25-18-6-2-14(3-7-18)12-22-13-15(10-21-22)19(24)23-16-4-5-17(23)11-20-9-8-16/h2-3,6-7,10,13,16-17,20H,4-5,8-9,11-12H2,1H3. The summed E-state index contributed by atoms with van der Waals surface area (Å²) < 4.78 is 7.01. The SMILES string of the molecule is COc1ccc(Cn2cc(C(=O)N3C4CCNCC3CC4)cn2)cc1. The molecule has 3 heterocycles. The number of nitrogens with one attached hydrogen (secondary N) is 1. The number of benzene rings is 1. The summed E-state index contributed by atoms with van der Waals surface area (Å²) in [5.41, 5.74) is 1.81. The molecule has 6 nitrogen and oxygen atoms in total. The molecule has 4 rings (SSSR count). The van der Waals surface area contributed by atoms with Gasteiger partial charge in [-0.2, -0.15) is 5.10 Å². The van der Waals surface area contributed by atoms with Gasteiger partial charge in [0.1, 0.15) is 5.75 Å². The highest BCUT2D eigenvalue weighted by molar-refractivity contribution is 5.94. The van der Waals surface area contributed by atoms with Gasteiger partial charge in [0.2, 0.25) is 0 Å². The van der Waals surface area contributed by atoms with Gasteiger partial charge >= 0.3 is 0 Å². The molecule has 25 heavy (non-hydrogen) atoms. The Hall–Kier alpha value is -2.34. The van der Waals surface area contributed by atoms with Crippen molar-refractivity contribution in [3.8, 4) is 5.75 Å². The molecule has 0 saturated carbocycles. The van der Waals surface area contributed by atoms with Crippen LogP contribution >= 0.6 is 0 Å². The quantitative estimate of drug-likeness (QED) is 0.924. The van der Waals surface area contributed by atoms with Gasteiger partial charge in [-0.25, -0.2) is 0 Å². The van der Waals surface area contributed by atoms with Crippen LogP contribution in [-0.2, 0) is 6.54 Å². The summed E-state index contributed by atoms with van der Waals surface area (Å²) in [6, 6.07) is 8.60. The van der Waals surface area contributed by atoms with Crippen molar-refractivity contribution in [1.82, 2.24) is 20.0 Å². The van der Waals surface area contributed by atoms with Crippen molar-refractivity contribution in [3.63, 3.8) is 0 Å². The van der Waals surface area contributed by atoms with E-state index in [1.807, 2.05) is 35.1 Å². The molecule has 0 aliphatic carbocycles. The van der Waals surface area contributed by atoms with Gasteiger partial charge in [-0.3, -0.25) is 9.48 Å². The van der Waals surface area contributed by atoms with Crippen molar-refractivity contribution in [2.75, 3.05) is 20.2 Å². The first-order valence-electron chi connectivity index (χ1n) is 8.93. The molecule has 0 radical (unpaired) electrons. The van der Waals surface area contributed by atoms with Crippen LogP contribution in [0.5, 0.6) is 5.75 Å². The molecule has 2 fully saturated rings. The van der Waals surface area contributed by atoms with Crippen LogP contribution in [0.2, 0.25) is 0 Å². The van der Waals surface area contributed by atoms with Crippen LogP contribution in [0.1, 0.15) is 35.2 Å². The summed E-state index contributed by atoms with van der Waals surface area (Å²) in [7, 11) is 1.66. The fourth-order valence-corrected chi connectivity index (χ4v) is 3.94. The molecule has 1 N–H and O–H groups in total. The molecule has 2 atom stereocenters. The lowest BCUT2D eigenvalue weighted by molar-refractivity contribution is 0.0680. The number of carbonyl (C=O) groups is 1. The van der Waals surface area contributed by atoms with E-state index >= 15 is 0 Å². The molecule has 0 spiro atoms. The van der Waals surface area contributed by atoms with Gasteiger partial charge in [0, 0.05) is 24.8 Å². The lowest BCUT2D eigenvalue weighted by Crippen LogP contribution is -2.42. The molecule has 2 aliphatic heterocycles. The van der Waals surface area contributed by atoms with Crippen molar-refractivity contribution in [1.29, 1.82) is 0 Å². The number of rotatable bonds is 4. The van der Waals surface area contributed by atoms with Crippen molar-refractivity contribution in [2.45, 2.75) is 37.9 Å². The normalized spacial score (nSPS) is 22.7. The molecule has 2 aromatic rings. The maximum absolute atomic E-state index is 13.0. The van der Waals surface area contributed by atoms with Gasteiger partial charge in [-0.05, 0) is 43.5 Å². The molecule has 2 saturated heterocycles. The zero-order chi connectivity index (χ0) is 17.2. The molecule has 1 aromatic heterocycles. The Labute approximate surface area is 147 Å². The number of fused-ring (bicyclic) bond motifs is 2. The van der Waals surface area contributed by atoms with Crippen molar-refractivity contribution >= 4 is 5.91 Å². The topological polar surface area (TPSA) is 59.4 Å². The number of hydrogen-bond donors (Lipinski definition) is 1. The predicted molar refractivity (Wildman–Crippen MR) is 94.8 cm³/mol. The number of amides is 1. The Balaban J connectivity index is 1.47. The second-order valence-electron chi connectivity index (χ2n) is 6.86. The Morgan fingerprint density at radius 2 is 2.04 bits per heavy atom. The first-order chi connectivity index (χ1) is 12.2. The number of carbonyl (C=O) groups excluding carboxylic acids is 1. The van der Waals surface area contributed by atoms with Crippen LogP contribution in [0.4, 0.5) is 0 Å². The Morgan fingerprint density at radius 1 is 1.24 bits per heavy atom. The van der Waals surface area contributed by atoms with E-state index in [9.17, 15) is 4.79 Å². The first-order valence-corrected chi connectivity index (χ1v) is 8.93. The van der Waals surface area contributed by atoms with E-state index in [1.54, 1.807) is 13.3 Å². The third-order valence-electron chi connectivity index (χ3n) is 5.27. The minimum absolute atomic E-state index is 0.122. The highest BCUT2D eigenvalue weighted by Crippen LogP contribution is 2.29. The van der Waals surface area contributed by atoms with Crippen molar-refractivity contribution in [2.24, 2.45) is 0 Å². The molecule has 1 amide bonds. The van der Waals surface area contributed by atoms with Gasteiger partial charge in [-0.1, -0.05) is 12.1 Å². The van der Waals surface area contributed by atoms with Crippen LogP contribution in [0, 0.1) is 0 Å². The molecule has 2 bridgehead atoms. The Morgan fingerprint density at radius 3 is 2.84 bits per heavy atom. The van der Waals surface area contributed by atoms with Crippen LogP contribution < -0.4 is 10.1 Å². The van der Waals surface area contributed by atoms with Crippen LogP contribution in [0.25, 0.3) is 0 Å². The van der Waals surface area contributed by atoms with Gasteiger partial charge in [0.25, 0.3) is 5.91 Å². The zero-order valence-corrected chi connectivity index (χ0v) is 14.5. The summed E-state index contributed by atoms with van der Waals surface area (Å²) in [6.45, 7) is 2.55. The Kier molecular flexibility index (Phi) is 4.44.